The highest BCUT2D eigenvalue weighted by Crippen LogP contribution is 2.41. The van der Waals surface area contributed by atoms with Crippen LogP contribution in [0, 0.1) is 0 Å². The molecule has 0 radical (unpaired) electrons. The van der Waals surface area contributed by atoms with Crippen molar-refractivity contribution < 1.29 is 14.3 Å². The van der Waals surface area contributed by atoms with Gasteiger partial charge in [0, 0.05) is 18.7 Å². The van der Waals surface area contributed by atoms with Gasteiger partial charge in [-0.05, 0) is 47.5 Å². The number of hydrogen-bond acceptors (Lipinski definition) is 3. The molecule has 2 aromatic carbocycles. The standard InChI is InChI=1S/C19H17NO3/c1-12(21)20-16-4-3-5-17-18(16)15(10-11-23-17)19(20)13-6-8-14(22-2)9-7-13/h3-9H,10-11H2,1-2H3. The summed E-state index contributed by atoms with van der Waals surface area (Å²) in [5, 5.41) is 1.06. The van der Waals surface area contributed by atoms with E-state index in [-0.39, 0.29) is 5.91 Å². The Hall–Kier alpha value is -2.75. The number of ether oxygens (including phenoxy) is 2. The van der Waals surface area contributed by atoms with Crippen LogP contribution in [0.25, 0.3) is 22.2 Å². The van der Waals surface area contributed by atoms with Crippen molar-refractivity contribution in [1.29, 1.82) is 0 Å². The van der Waals surface area contributed by atoms with Crippen LogP contribution in [0.5, 0.6) is 11.5 Å². The Balaban J connectivity index is 2.07. The highest BCUT2D eigenvalue weighted by molar-refractivity contribution is 6.03. The Bertz CT molecular complexity index is 907. The summed E-state index contributed by atoms with van der Waals surface area (Å²) in [7, 11) is 1.65. The van der Waals surface area contributed by atoms with E-state index in [1.165, 1.54) is 5.56 Å². The van der Waals surface area contributed by atoms with Gasteiger partial charge in [0.1, 0.15) is 11.5 Å². The number of benzene rings is 2. The molecule has 0 fully saturated rings. The van der Waals surface area contributed by atoms with Gasteiger partial charge in [0.15, 0.2) is 0 Å². The molecule has 116 valence electrons. The number of carbonyl (C=O) groups is 1. The topological polar surface area (TPSA) is 40.5 Å². The number of methoxy groups -OCH3 is 1. The molecule has 4 rings (SSSR count). The fraction of sp³-hybridized carbons (Fsp3) is 0.211. The van der Waals surface area contributed by atoms with Gasteiger partial charge in [0.05, 0.1) is 24.9 Å². The van der Waals surface area contributed by atoms with Crippen LogP contribution in [0.3, 0.4) is 0 Å². The molecule has 0 bridgehead atoms. The first-order chi connectivity index (χ1) is 11.2. The lowest BCUT2D eigenvalue weighted by Crippen LogP contribution is -2.09. The Morgan fingerprint density at radius 3 is 2.65 bits per heavy atom. The molecular formula is C19H17NO3. The van der Waals surface area contributed by atoms with E-state index in [2.05, 4.69) is 0 Å². The second-order valence-electron chi connectivity index (χ2n) is 5.66. The van der Waals surface area contributed by atoms with Gasteiger partial charge < -0.3 is 9.47 Å². The first-order valence-corrected chi connectivity index (χ1v) is 7.65. The summed E-state index contributed by atoms with van der Waals surface area (Å²) in [6.45, 7) is 2.23. The van der Waals surface area contributed by atoms with Crippen molar-refractivity contribution in [3.8, 4) is 22.8 Å². The first kappa shape index (κ1) is 13.9. The van der Waals surface area contributed by atoms with Crippen LogP contribution in [0.2, 0.25) is 0 Å². The molecule has 1 aliphatic heterocycles. The van der Waals surface area contributed by atoms with Gasteiger partial charge in [0.2, 0.25) is 5.91 Å². The average Bonchev–Trinajstić information content (AvgIpc) is 2.92. The largest absolute Gasteiger partial charge is 0.497 e. The minimum Gasteiger partial charge on any atom is -0.497 e. The van der Waals surface area contributed by atoms with Crippen molar-refractivity contribution in [1.82, 2.24) is 4.57 Å². The van der Waals surface area contributed by atoms with Crippen LogP contribution in [-0.4, -0.2) is 24.2 Å². The molecule has 0 atom stereocenters. The molecule has 0 spiro atoms. The molecule has 23 heavy (non-hydrogen) atoms. The van der Waals surface area contributed by atoms with E-state index in [1.54, 1.807) is 18.6 Å². The molecule has 4 nitrogen and oxygen atoms in total. The third kappa shape index (κ3) is 2.02. The fourth-order valence-electron chi connectivity index (χ4n) is 3.39. The smallest absolute Gasteiger partial charge is 0.228 e. The lowest BCUT2D eigenvalue weighted by molar-refractivity contribution is 0.0943. The Morgan fingerprint density at radius 1 is 1.17 bits per heavy atom. The van der Waals surface area contributed by atoms with E-state index < -0.39 is 0 Å². The summed E-state index contributed by atoms with van der Waals surface area (Å²) in [5.41, 5.74) is 4.07. The summed E-state index contributed by atoms with van der Waals surface area (Å²) < 4.78 is 12.8. The molecule has 4 heteroatoms. The van der Waals surface area contributed by atoms with Crippen LogP contribution >= 0.6 is 0 Å². The minimum absolute atomic E-state index is 0.00566. The highest BCUT2D eigenvalue weighted by atomic mass is 16.5. The Labute approximate surface area is 134 Å². The molecule has 0 N–H and O–H groups in total. The highest BCUT2D eigenvalue weighted by Gasteiger charge is 2.25. The maximum Gasteiger partial charge on any atom is 0.228 e. The summed E-state index contributed by atoms with van der Waals surface area (Å²) in [6.07, 6.45) is 0.801. The van der Waals surface area contributed by atoms with E-state index in [1.807, 2.05) is 42.5 Å². The monoisotopic (exact) mass is 307 g/mol. The molecule has 0 amide bonds. The number of nitrogens with zero attached hydrogens (tertiary/aromatic N) is 1. The summed E-state index contributed by atoms with van der Waals surface area (Å²) in [6, 6.07) is 13.7. The SMILES string of the molecule is COc1ccc(-c2c3c4c(cccc4n2C(C)=O)OCC3)cc1. The number of rotatable bonds is 2. The van der Waals surface area contributed by atoms with Crippen LogP contribution in [0.4, 0.5) is 0 Å². The second kappa shape index (κ2) is 5.16. The van der Waals surface area contributed by atoms with Gasteiger partial charge in [-0.3, -0.25) is 9.36 Å². The van der Waals surface area contributed by atoms with Crippen molar-refractivity contribution >= 4 is 16.8 Å². The molecule has 0 saturated carbocycles. The van der Waals surface area contributed by atoms with Crippen molar-refractivity contribution in [2.45, 2.75) is 13.3 Å². The van der Waals surface area contributed by atoms with Crippen LogP contribution in [0.15, 0.2) is 42.5 Å². The number of carbonyl (C=O) groups excluding carboxylic acids is 1. The van der Waals surface area contributed by atoms with Gasteiger partial charge in [-0.2, -0.15) is 0 Å². The second-order valence-corrected chi connectivity index (χ2v) is 5.66. The molecule has 0 unspecified atom stereocenters. The normalized spacial score (nSPS) is 13.0. The molecule has 0 aliphatic carbocycles. The summed E-state index contributed by atoms with van der Waals surface area (Å²) >= 11 is 0. The Morgan fingerprint density at radius 2 is 1.96 bits per heavy atom. The van der Waals surface area contributed by atoms with E-state index in [0.29, 0.717) is 6.61 Å². The van der Waals surface area contributed by atoms with Gasteiger partial charge >= 0.3 is 0 Å². The number of hydrogen-bond donors (Lipinski definition) is 0. The lowest BCUT2D eigenvalue weighted by Gasteiger charge is -2.15. The van der Waals surface area contributed by atoms with E-state index >= 15 is 0 Å². The molecular weight excluding hydrogens is 290 g/mol. The first-order valence-electron chi connectivity index (χ1n) is 7.65. The maximum absolute atomic E-state index is 12.3. The van der Waals surface area contributed by atoms with Gasteiger partial charge in [-0.1, -0.05) is 6.07 Å². The van der Waals surface area contributed by atoms with Gasteiger partial charge in [-0.15, -0.1) is 0 Å². The zero-order chi connectivity index (χ0) is 16.0. The van der Waals surface area contributed by atoms with Crippen LogP contribution in [0.1, 0.15) is 17.3 Å². The summed E-state index contributed by atoms with van der Waals surface area (Å²) in [4.78, 5) is 12.3. The van der Waals surface area contributed by atoms with Crippen LogP contribution in [-0.2, 0) is 6.42 Å². The maximum atomic E-state index is 12.3. The van der Waals surface area contributed by atoms with Gasteiger partial charge in [-0.25, -0.2) is 0 Å². The zero-order valence-corrected chi connectivity index (χ0v) is 13.1. The Kier molecular flexibility index (Phi) is 3.11. The summed E-state index contributed by atoms with van der Waals surface area (Å²) in [5.74, 6) is 1.67. The van der Waals surface area contributed by atoms with Gasteiger partial charge in [0.25, 0.3) is 0 Å². The third-order valence-electron chi connectivity index (χ3n) is 4.34. The average molecular weight is 307 g/mol. The zero-order valence-electron chi connectivity index (χ0n) is 13.1. The minimum atomic E-state index is 0.00566. The number of aromatic nitrogens is 1. The molecule has 1 aliphatic rings. The fourth-order valence-corrected chi connectivity index (χ4v) is 3.39. The third-order valence-corrected chi connectivity index (χ3v) is 4.34. The van der Waals surface area contributed by atoms with E-state index in [0.717, 1.165) is 40.1 Å². The van der Waals surface area contributed by atoms with E-state index in [4.69, 9.17) is 9.47 Å². The molecule has 3 aromatic rings. The molecule has 1 aromatic heterocycles. The lowest BCUT2D eigenvalue weighted by atomic mass is 10.0. The molecule has 2 heterocycles. The van der Waals surface area contributed by atoms with E-state index in [9.17, 15) is 4.79 Å². The van der Waals surface area contributed by atoms with Crippen molar-refractivity contribution in [3.63, 3.8) is 0 Å². The van der Waals surface area contributed by atoms with Crippen molar-refractivity contribution in [2.24, 2.45) is 0 Å². The van der Waals surface area contributed by atoms with Crippen LogP contribution < -0.4 is 9.47 Å². The van der Waals surface area contributed by atoms with Crippen molar-refractivity contribution in [3.05, 3.63) is 48.0 Å². The van der Waals surface area contributed by atoms with Crippen molar-refractivity contribution in [2.75, 3.05) is 13.7 Å². The quantitative estimate of drug-likeness (QED) is 0.720. The predicted octanol–water partition coefficient (Wildman–Crippen LogP) is 3.91. The molecule has 0 saturated heterocycles. The predicted molar refractivity (Wildman–Crippen MR) is 89.4 cm³/mol.